The Morgan fingerprint density at radius 1 is 1.43 bits per heavy atom. The molecule has 0 spiro atoms. The molecule has 0 aliphatic carbocycles. The number of ether oxygens (including phenoxy) is 1. The van der Waals surface area contributed by atoms with Gasteiger partial charge in [-0.2, -0.15) is 4.39 Å². The van der Waals surface area contributed by atoms with Crippen LogP contribution in [0.1, 0.15) is 26.3 Å². The second-order valence-electron chi connectivity index (χ2n) is 5.75. The number of carbonyl (C=O) groups is 2. The fourth-order valence-corrected chi connectivity index (χ4v) is 1.80. The highest BCUT2D eigenvalue weighted by Crippen LogP contribution is 2.23. The van der Waals surface area contributed by atoms with Crippen molar-refractivity contribution in [2.75, 3.05) is 0 Å². The third kappa shape index (κ3) is 5.53. The van der Waals surface area contributed by atoms with Crippen LogP contribution in [0.4, 0.5) is 14.9 Å². The summed E-state index contributed by atoms with van der Waals surface area (Å²) in [5, 5.41) is 22.2. The first-order valence-corrected chi connectivity index (χ1v) is 6.65. The maximum atomic E-state index is 13.5. The fourth-order valence-electron chi connectivity index (χ4n) is 1.80. The van der Waals surface area contributed by atoms with E-state index in [1.165, 1.54) is 12.1 Å². The molecule has 8 nitrogen and oxygen atoms in total. The lowest BCUT2D eigenvalue weighted by molar-refractivity contribution is -0.388. The van der Waals surface area contributed by atoms with E-state index in [0.717, 1.165) is 6.07 Å². The summed E-state index contributed by atoms with van der Waals surface area (Å²) < 4.78 is 18.5. The van der Waals surface area contributed by atoms with E-state index < -0.39 is 46.6 Å². The van der Waals surface area contributed by atoms with Crippen molar-refractivity contribution in [3.8, 4) is 0 Å². The number of carboxylic acid groups (broad SMARTS) is 1. The fraction of sp³-hybridized carbons (Fsp3) is 0.429. The van der Waals surface area contributed by atoms with Gasteiger partial charge in [-0.3, -0.25) is 10.1 Å². The van der Waals surface area contributed by atoms with E-state index in [-0.39, 0.29) is 5.56 Å². The molecule has 0 radical (unpaired) electrons. The van der Waals surface area contributed by atoms with Crippen LogP contribution >= 0.6 is 0 Å². The van der Waals surface area contributed by atoms with Crippen LogP contribution in [0.5, 0.6) is 0 Å². The summed E-state index contributed by atoms with van der Waals surface area (Å²) in [6.07, 6.45) is -1.44. The van der Waals surface area contributed by atoms with E-state index in [0.29, 0.717) is 0 Å². The molecule has 0 aromatic heterocycles. The number of aliphatic carboxylic acids is 1. The van der Waals surface area contributed by atoms with Crippen molar-refractivity contribution in [3.63, 3.8) is 0 Å². The second-order valence-corrected chi connectivity index (χ2v) is 5.75. The highest BCUT2D eigenvalue weighted by atomic mass is 19.1. The number of halogens is 1. The number of amides is 1. The largest absolute Gasteiger partial charge is 0.480 e. The predicted molar refractivity (Wildman–Crippen MR) is 77.6 cm³/mol. The first-order chi connectivity index (χ1) is 10.5. The summed E-state index contributed by atoms with van der Waals surface area (Å²) >= 11 is 0. The lowest BCUT2D eigenvalue weighted by Gasteiger charge is -2.22. The zero-order chi connectivity index (χ0) is 17.8. The highest BCUT2D eigenvalue weighted by Gasteiger charge is 2.28. The van der Waals surface area contributed by atoms with Gasteiger partial charge in [0.05, 0.1) is 4.92 Å². The Labute approximate surface area is 131 Å². The molecule has 2 N–H and O–H groups in total. The lowest BCUT2D eigenvalue weighted by Crippen LogP contribution is -2.44. The Balaban J connectivity index is 2.98. The van der Waals surface area contributed by atoms with E-state index in [1.54, 1.807) is 20.8 Å². The van der Waals surface area contributed by atoms with Crippen LogP contribution in [-0.4, -0.2) is 33.7 Å². The summed E-state index contributed by atoms with van der Waals surface area (Å²) in [4.78, 5) is 32.9. The highest BCUT2D eigenvalue weighted by molar-refractivity contribution is 5.80. The normalized spacial score (nSPS) is 12.3. The van der Waals surface area contributed by atoms with Gasteiger partial charge in [0.1, 0.15) is 11.6 Å². The molecule has 1 aromatic rings. The number of carbonyl (C=O) groups excluding carboxylic acids is 1. The summed E-state index contributed by atoms with van der Waals surface area (Å²) in [6.45, 7) is 4.79. The summed E-state index contributed by atoms with van der Waals surface area (Å²) in [5.41, 5.74) is -1.79. The van der Waals surface area contributed by atoms with E-state index >= 15 is 0 Å². The van der Waals surface area contributed by atoms with Crippen molar-refractivity contribution in [1.29, 1.82) is 0 Å². The number of nitro benzene ring substituents is 1. The molecule has 0 aliphatic heterocycles. The summed E-state index contributed by atoms with van der Waals surface area (Å²) in [6, 6.07) is 1.86. The van der Waals surface area contributed by atoms with Crippen LogP contribution in [-0.2, 0) is 16.0 Å². The van der Waals surface area contributed by atoms with Gasteiger partial charge in [-0.05, 0) is 26.8 Å². The van der Waals surface area contributed by atoms with Crippen LogP contribution in [0.3, 0.4) is 0 Å². The van der Waals surface area contributed by atoms with Crippen molar-refractivity contribution in [1.82, 2.24) is 5.32 Å². The van der Waals surface area contributed by atoms with Gasteiger partial charge in [0, 0.05) is 12.0 Å². The third-order valence-corrected chi connectivity index (χ3v) is 2.67. The van der Waals surface area contributed by atoms with Gasteiger partial charge >= 0.3 is 17.7 Å². The molecule has 1 amide bonds. The van der Waals surface area contributed by atoms with Gasteiger partial charge < -0.3 is 15.2 Å². The van der Waals surface area contributed by atoms with Gasteiger partial charge in [-0.1, -0.05) is 12.1 Å². The van der Waals surface area contributed by atoms with E-state index in [9.17, 15) is 24.1 Å². The number of hydrogen-bond acceptors (Lipinski definition) is 5. The second kappa shape index (κ2) is 7.03. The molecule has 9 heteroatoms. The van der Waals surface area contributed by atoms with Crippen LogP contribution < -0.4 is 5.32 Å². The average molecular weight is 328 g/mol. The molecule has 0 unspecified atom stereocenters. The van der Waals surface area contributed by atoms with E-state index in [1.807, 2.05) is 0 Å². The Kier molecular flexibility index (Phi) is 5.61. The average Bonchev–Trinajstić information content (AvgIpc) is 2.34. The zero-order valence-electron chi connectivity index (χ0n) is 12.8. The molecule has 0 fully saturated rings. The van der Waals surface area contributed by atoms with Gasteiger partial charge in [0.2, 0.25) is 5.82 Å². The van der Waals surface area contributed by atoms with Crippen LogP contribution in [0.25, 0.3) is 0 Å². The zero-order valence-corrected chi connectivity index (χ0v) is 12.8. The number of nitrogens with one attached hydrogen (secondary N) is 1. The van der Waals surface area contributed by atoms with Crippen molar-refractivity contribution >= 4 is 17.7 Å². The minimum atomic E-state index is -1.50. The third-order valence-electron chi connectivity index (χ3n) is 2.67. The van der Waals surface area contributed by atoms with Crippen molar-refractivity contribution in [3.05, 3.63) is 39.7 Å². The minimum Gasteiger partial charge on any atom is -0.480 e. The van der Waals surface area contributed by atoms with Crippen molar-refractivity contribution in [2.24, 2.45) is 0 Å². The maximum Gasteiger partial charge on any atom is 0.408 e. The first-order valence-electron chi connectivity index (χ1n) is 6.65. The molecule has 0 saturated carbocycles. The first kappa shape index (κ1) is 18.3. The van der Waals surface area contributed by atoms with Crippen LogP contribution in [0.15, 0.2) is 18.2 Å². The molecule has 1 atom stereocenters. The smallest absolute Gasteiger partial charge is 0.408 e. The summed E-state index contributed by atoms with van der Waals surface area (Å²) in [7, 11) is 0. The molecular formula is C14H17FN2O6. The van der Waals surface area contributed by atoms with Gasteiger partial charge in [-0.15, -0.1) is 0 Å². The number of rotatable bonds is 5. The predicted octanol–water partition coefficient (Wildman–Crippen LogP) is 2.25. The topological polar surface area (TPSA) is 119 Å². The van der Waals surface area contributed by atoms with Crippen LogP contribution in [0, 0.1) is 15.9 Å². The lowest BCUT2D eigenvalue weighted by atomic mass is 10.0. The van der Waals surface area contributed by atoms with Crippen molar-refractivity contribution < 1.29 is 28.7 Å². The molecular weight excluding hydrogens is 311 g/mol. The molecule has 0 heterocycles. The van der Waals surface area contributed by atoms with E-state index in [4.69, 9.17) is 9.84 Å². The molecule has 23 heavy (non-hydrogen) atoms. The van der Waals surface area contributed by atoms with Gasteiger partial charge in [0.15, 0.2) is 0 Å². The molecule has 0 saturated heterocycles. The standard InChI is InChI=1S/C14H17FN2O6/c1-14(2,3)23-13(20)16-10(12(18)19)7-8-5-4-6-9(15)11(8)17(21)22/h4-6,10H,7H2,1-3H3,(H,16,20)(H,18,19)/t10-/m0/s1. The van der Waals surface area contributed by atoms with E-state index in [2.05, 4.69) is 5.32 Å². The molecule has 0 bridgehead atoms. The minimum absolute atomic E-state index is 0.140. The quantitative estimate of drug-likeness (QED) is 0.632. The number of nitro groups is 1. The number of benzene rings is 1. The van der Waals surface area contributed by atoms with Crippen LogP contribution in [0.2, 0.25) is 0 Å². The number of para-hydroxylation sites is 1. The molecule has 0 aliphatic rings. The SMILES string of the molecule is CC(C)(C)OC(=O)N[C@@H](Cc1cccc(F)c1[N+](=O)[O-])C(=O)O. The Hall–Kier alpha value is -2.71. The number of carboxylic acids is 1. The monoisotopic (exact) mass is 328 g/mol. The molecule has 126 valence electrons. The number of nitrogens with zero attached hydrogens (tertiary/aromatic N) is 1. The molecule has 1 aromatic carbocycles. The number of alkyl carbamates (subject to hydrolysis) is 1. The maximum absolute atomic E-state index is 13.5. The van der Waals surface area contributed by atoms with Gasteiger partial charge in [0.25, 0.3) is 0 Å². The Morgan fingerprint density at radius 3 is 2.52 bits per heavy atom. The number of hydrogen-bond donors (Lipinski definition) is 2. The Bertz CT molecular complexity index is 626. The summed E-state index contributed by atoms with van der Waals surface area (Å²) in [5.74, 6) is -2.50. The molecule has 1 rings (SSSR count). The Morgan fingerprint density at radius 2 is 2.04 bits per heavy atom. The van der Waals surface area contributed by atoms with Crippen molar-refractivity contribution in [2.45, 2.75) is 38.8 Å². The van der Waals surface area contributed by atoms with Gasteiger partial charge in [-0.25, -0.2) is 9.59 Å².